The van der Waals surface area contributed by atoms with Gasteiger partial charge in [-0.05, 0) is 40.0 Å². The maximum atomic E-state index is 11.8. The van der Waals surface area contributed by atoms with Gasteiger partial charge in [-0.3, -0.25) is 4.79 Å². The zero-order valence-electron chi connectivity index (χ0n) is 9.47. The Morgan fingerprint density at radius 2 is 2.00 bits per heavy atom. The van der Waals surface area contributed by atoms with Gasteiger partial charge in [-0.1, -0.05) is 6.42 Å². The van der Waals surface area contributed by atoms with E-state index >= 15 is 0 Å². The molecule has 2 atom stereocenters. The number of carbonyl (C=O) groups is 1. The average Bonchev–Trinajstić information content (AvgIpc) is 2.01. The highest BCUT2D eigenvalue weighted by atomic mass is 16.2. The summed E-state index contributed by atoms with van der Waals surface area (Å²) >= 11 is 0. The predicted molar refractivity (Wildman–Crippen MR) is 57.8 cm³/mol. The minimum atomic E-state index is -0.126. The highest BCUT2D eigenvalue weighted by Gasteiger charge is 2.27. The first kappa shape index (κ1) is 11.5. The van der Waals surface area contributed by atoms with Crippen molar-refractivity contribution in [2.24, 2.45) is 11.7 Å². The molecule has 1 rings (SSSR count). The standard InChI is InChI=1S/C11H22N2O/c1-11(2,3)13-10(14)8-5-4-6-9(12)7-8/h8-9H,4-7,12H2,1-3H3,(H,13,14)/t8-,9+/m0/s1. The highest BCUT2D eigenvalue weighted by Crippen LogP contribution is 2.23. The van der Waals surface area contributed by atoms with E-state index in [1.165, 1.54) is 0 Å². The molecule has 0 radical (unpaired) electrons. The van der Waals surface area contributed by atoms with Crippen LogP contribution in [0.1, 0.15) is 46.5 Å². The molecule has 0 aliphatic heterocycles. The van der Waals surface area contributed by atoms with Crippen molar-refractivity contribution >= 4 is 5.91 Å². The second-order valence-corrected chi connectivity index (χ2v) is 5.36. The van der Waals surface area contributed by atoms with E-state index in [4.69, 9.17) is 5.73 Å². The van der Waals surface area contributed by atoms with E-state index in [9.17, 15) is 4.79 Å². The van der Waals surface area contributed by atoms with E-state index in [2.05, 4.69) is 5.32 Å². The van der Waals surface area contributed by atoms with Crippen LogP contribution in [0.4, 0.5) is 0 Å². The number of hydrogen-bond donors (Lipinski definition) is 2. The number of rotatable bonds is 1. The Balaban J connectivity index is 2.44. The highest BCUT2D eigenvalue weighted by molar-refractivity contribution is 5.79. The van der Waals surface area contributed by atoms with Gasteiger partial charge in [-0.25, -0.2) is 0 Å². The Kier molecular flexibility index (Phi) is 3.53. The lowest BCUT2D eigenvalue weighted by Crippen LogP contribution is -2.46. The Bertz CT molecular complexity index is 208. The van der Waals surface area contributed by atoms with Gasteiger partial charge in [0.15, 0.2) is 0 Å². The van der Waals surface area contributed by atoms with Gasteiger partial charge in [0.1, 0.15) is 0 Å². The van der Waals surface area contributed by atoms with Gasteiger partial charge >= 0.3 is 0 Å². The van der Waals surface area contributed by atoms with E-state index in [0.29, 0.717) is 0 Å². The zero-order valence-corrected chi connectivity index (χ0v) is 9.47. The summed E-state index contributed by atoms with van der Waals surface area (Å²) in [5.41, 5.74) is 5.72. The largest absolute Gasteiger partial charge is 0.351 e. The number of hydrogen-bond acceptors (Lipinski definition) is 2. The van der Waals surface area contributed by atoms with Crippen molar-refractivity contribution in [1.82, 2.24) is 5.32 Å². The first-order chi connectivity index (χ1) is 6.38. The third-order valence-electron chi connectivity index (χ3n) is 2.58. The molecular formula is C11H22N2O. The van der Waals surface area contributed by atoms with Crippen LogP contribution in [-0.4, -0.2) is 17.5 Å². The monoisotopic (exact) mass is 198 g/mol. The molecule has 3 heteroatoms. The second kappa shape index (κ2) is 4.30. The molecule has 0 spiro atoms. The van der Waals surface area contributed by atoms with Crippen LogP contribution < -0.4 is 11.1 Å². The number of amides is 1. The molecule has 3 nitrogen and oxygen atoms in total. The zero-order chi connectivity index (χ0) is 10.8. The third-order valence-corrected chi connectivity index (χ3v) is 2.58. The lowest BCUT2D eigenvalue weighted by molar-refractivity contribution is -0.127. The maximum absolute atomic E-state index is 11.8. The molecule has 14 heavy (non-hydrogen) atoms. The van der Waals surface area contributed by atoms with E-state index in [1.54, 1.807) is 0 Å². The minimum Gasteiger partial charge on any atom is -0.351 e. The van der Waals surface area contributed by atoms with E-state index in [-0.39, 0.29) is 23.4 Å². The quantitative estimate of drug-likeness (QED) is 0.669. The molecule has 0 bridgehead atoms. The average molecular weight is 198 g/mol. The van der Waals surface area contributed by atoms with Crippen molar-refractivity contribution in [2.45, 2.75) is 58.0 Å². The first-order valence-corrected chi connectivity index (χ1v) is 5.46. The van der Waals surface area contributed by atoms with Crippen molar-refractivity contribution in [3.8, 4) is 0 Å². The molecule has 1 fully saturated rings. The first-order valence-electron chi connectivity index (χ1n) is 5.46. The van der Waals surface area contributed by atoms with Crippen LogP contribution in [0, 0.1) is 5.92 Å². The summed E-state index contributed by atoms with van der Waals surface area (Å²) in [6, 6.07) is 0.222. The van der Waals surface area contributed by atoms with Crippen LogP contribution in [0.5, 0.6) is 0 Å². The number of nitrogens with one attached hydrogen (secondary N) is 1. The van der Waals surface area contributed by atoms with Crippen molar-refractivity contribution < 1.29 is 4.79 Å². The molecule has 0 unspecified atom stereocenters. The molecule has 3 N–H and O–H groups in total. The third kappa shape index (κ3) is 3.66. The van der Waals surface area contributed by atoms with Gasteiger partial charge < -0.3 is 11.1 Å². The van der Waals surface area contributed by atoms with Gasteiger partial charge in [0.25, 0.3) is 0 Å². The molecule has 1 aliphatic rings. The normalized spacial score (nSPS) is 28.6. The van der Waals surface area contributed by atoms with Gasteiger partial charge in [0.05, 0.1) is 0 Å². The van der Waals surface area contributed by atoms with Gasteiger partial charge in [-0.15, -0.1) is 0 Å². The predicted octanol–water partition coefficient (Wildman–Crippen LogP) is 1.42. The fourth-order valence-electron chi connectivity index (χ4n) is 1.94. The van der Waals surface area contributed by atoms with Crippen LogP contribution >= 0.6 is 0 Å². The molecule has 0 aromatic carbocycles. The molecular weight excluding hydrogens is 176 g/mol. The SMILES string of the molecule is CC(C)(C)NC(=O)[C@H]1CCC[C@@H](N)C1. The van der Waals surface area contributed by atoms with Gasteiger partial charge in [0, 0.05) is 17.5 Å². The van der Waals surface area contributed by atoms with Crippen molar-refractivity contribution in [1.29, 1.82) is 0 Å². The topological polar surface area (TPSA) is 55.1 Å². The smallest absolute Gasteiger partial charge is 0.223 e. The van der Waals surface area contributed by atoms with Crippen LogP contribution in [-0.2, 0) is 4.79 Å². The Labute approximate surface area is 86.4 Å². The molecule has 0 aromatic heterocycles. The van der Waals surface area contributed by atoms with E-state index in [0.717, 1.165) is 25.7 Å². The second-order valence-electron chi connectivity index (χ2n) is 5.36. The maximum Gasteiger partial charge on any atom is 0.223 e. The summed E-state index contributed by atoms with van der Waals surface area (Å²) in [6.45, 7) is 6.02. The summed E-state index contributed by atoms with van der Waals surface area (Å²) in [6.07, 6.45) is 4.00. The molecule has 1 aliphatic carbocycles. The fraction of sp³-hybridized carbons (Fsp3) is 0.909. The molecule has 0 heterocycles. The summed E-state index contributed by atoms with van der Waals surface area (Å²) in [4.78, 5) is 11.8. The number of nitrogens with two attached hydrogens (primary N) is 1. The van der Waals surface area contributed by atoms with Gasteiger partial charge in [-0.2, -0.15) is 0 Å². The lowest BCUT2D eigenvalue weighted by atomic mass is 9.85. The van der Waals surface area contributed by atoms with Crippen LogP contribution in [0.2, 0.25) is 0 Å². The van der Waals surface area contributed by atoms with Crippen molar-refractivity contribution in [3.05, 3.63) is 0 Å². The molecule has 0 aromatic rings. The van der Waals surface area contributed by atoms with Crippen LogP contribution in [0.3, 0.4) is 0 Å². The van der Waals surface area contributed by atoms with Gasteiger partial charge in [0.2, 0.25) is 5.91 Å². The molecule has 0 saturated heterocycles. The van der Waals surface area contributed by atoms with Crippen molar-refractivity contribution in [3.63, 3.8) is 0 Å². The van der Waals surface area contributed by atoms with E-state index < -0.39 is 0 Å². The molecule has 1 amide bonds. The molecule has 1 saturated carbocycles. The van der Waals surface area contributed by atoms with Crippen LogP contribution in [0.25, 0.3) is 0 Å². The minimum absolute atomic E-state index is 0.126. The number of carbonyl (C=O) groups excluding carboxylic acids is 1. The Morgan fingerprint density at radius 3 is 2.50 bits per heavy atom. The summed E-state index contributed by atoms with van der Waals surface area (Å²) < 4.78 is 0. The van der Waals surface area contributed by atoms with Crippen LogP contribution in [0.15, 0.2) is 0 Å². The fourth-order valence-corrected chi connectivity index (χ4v) is 1.94. The Hall–Kier alpha value is -0.570. The van der Waals surface area contributed by atoms with Crippen molar-refractivity contribution in [2.75, 3.05) is 0 Å². The van der Waals surface area contributed by atoms with E-state index in [1.807, 2.05) is 20.8 Å². The Morgan fingerprint density at radius 1 is 1.36 bits per heavy atom. The molecule has 82 valence electrons. The summed E-state index contributed by atoms with van der Waals surface area (Å²) in [7, 11) is 0. The summed E-state index contributed by atoms with van der Waals surface area (Å²) in [5, 5.41) is 3.01. The lowest BCUT2D eigenvalue weighted by Gasteiger charge is -2.29. The summed E-state index contributed by atoms with van der Waals surface area (Å²) in [5.74, 6) is 0.311.